The average Bonchev–Trinajstić information content (AvgIpc) is 3.19. The number of carbonyl (C=O) groups is 4. The van der Waals surface area contributed by atoms with E-state index in [1.165, 1.54) is 11.3 Å². The van der Waals surface area contributed by atoms with Crippen molar-refractivity contribution in [2.24, 2.45) is 0 Å². The highest BCUT2D eigenvalue weighted by atomic mass is 32.1. The minimum atomic E-state index is -0.609. The van der Waals surface area contributed by atoms with Gasteiger partial charge in [-0.05, 0) is 44.4 Å². The topological polar surface area (TPSA) is 105 Å². The fourth-order valence-electron chi connectivity index (χ4n) is 5.25. The number of rotatable bonds is 3. The highest BCUT2D eigenvalue weighted by Crippen LogP contribution is 2.42. The van der Waals surface area contributed by atoms with Gasteiger partial charge in [0.05, 0.1) is 22.4 Å². The number of ketones is 2. The SMILES string of the molecule is CCNC(=O)Nc1sc2c(c1C(=O)N1CCC3(CC1)CC(=O)c1cc(C)ccc1O3)CCCC2=O. The van der Waals surface area contributed by atoms with E-state index in [4.69, 9.17) is 4.74 Å². The minimum absolute atomic E-state index is 0.0230. The average molecular weight is 496 g/mol. The number of aryl methyl sites for hydroxylation is 1. The molecule has 1 fully saturated rings. The molecule has 184 valence electrons. The van der Waals surface area contributed by atoms with Crippen LogP contribution >= 0.6 is 11.3 Å². The number of nitrogens with zero attached hydrogens (tertiary/aromatic N) is 1. The second kappa shape index (κ2) is 9.11. The second-order valence-corrected chi connectivity index (χ2v) is 10.6. The third-order valence-corrected chi connectivity index (χ3v) is 8.26. The summed E-state index contributed by atoms with van der Waals surface area (Å²) in [5, 5.41) is 5.90. The number of benzene rings is 1. The zero-order valence-electron chi connectivity index (χ0n) is 20.0. The second-order valence-electron chi connectivity index (χ2n) is 9.55. The van der Waals surface area contributed by atoms with Gasteiger partial charge in [0.15, 0.2) is 11.6 Å². The number of likely N-dealkylation sites (tertiary alicyclic amines) is 1. The van der Waals surface area contributed by atoms with E-state index in [9.17, 15) is 19.2 Å². The molecule has 9 heteroatoms. The fourth-order valence-corrected chi connectivity index (χ4v) is 6.46. The largest absolute Gasteiger partial charge is 0.486 e. The first kappa shape index (κ1) is 23.5. The molecule has 35 heavy (non-hydrogen) atoms. The van der Waals surface area contributed by atoms with Crippen LogP contribution in [0.25, 0.3) is 0 Å². The molecular weight excluding hydrogens is 466 g/mol. The number of amides is 3. The normalized spacial score (nSPS) is 18.5. The quantitative estimate of drug-likeness (QED) is 0.659. The number of hydrogen-bond donors (Lipinski definition) is 2. The molecule has 3 heterocycles. The summed E-state index contributed by atoms with van der Waals surface area (Å²) in [7, 11) is 0. The van der Waals surface area contributed by atoms with Crippen LogP contribution in [0.3, 0.4) is 0 Å². The molecule has 0 saturated carbocycles. The van der Waals surface area contributed by atoms with Gasteiger partial charge in [-0.25, -0.2) is 4.79 Å². The molecule has 1 aromatic heterocycles. The monoisotopic (exact) mass is 495 g/mol. The number of thiophene rings is 1. The molecule has 3 aliphatic rings. The van der Waals surface area contributed by atoms with Crippen molar-refractivity contribution >= 4 is 39.8 Å². The van der Waals surface area contributed by atoms with E-state index in [0.717, 1.165) is 11.1 Å². The van der Waals surface area contributed by atoms with E-state index in [1.807, 2.05) is 32.0 Å². The van der Waals surface area contributed by atoms with E-state index in [-0.39, 0.29) is 17.5 Å². The Labute approximate surface area is 208 Å². The maximum absolute atomic E-state index is 13.7. The van der Waals surface area contributed by atoms with Crippen LogP contribution in [0.15, 0.2) is 18.2 Å². The van der Waals surface area contributed by atoms with Crippen molar-refractivity contribution < 1.29 is 23.9 Å². The van der Waals surface area contributed by atoms with Crippen molar-refractivity contribution in [1.29, 1.82) is 0 Å². The number of carbonyl (C=O) groups excluding carboxylic acids is 4. The first-order valence-electron chi connectivity index (χ1n) is 12.2. The molecule has 0 radical (unpaired) electrons. The summed E-state index contributed by atoms with van der Waals surface area (Å²) in [6, 6.07) is 5.27. The summed E-state index contributed by atoms with van der Waals surface area (Å²) in [4.78, 5) is 53.7. The summed E-state index contributed by atoms with van der Waals surface area (Å²) in [5.41, 5.74) is 2.22. The Hall–Kier alpha value is -3.20. The Morgan fingerprint density at radius 3 is 2.66 bits per heavy atom. The Morgan fingerprint density at radius 2 is 1.91 bits per heavy atom. The molecule has 0 unspecified atom stereocenters. The van der Waals surface area contributed by atoms with E-state index in [1.54, 1.807) is 4.90 Å². The Kier molecular flexibility index (Phi) is 6.13. The van der Waals surface area contributed by atoms with Crippen molar-refractivity contribution in [3.8, 4) is 5.75 Å². The molecular formula is C26H29N3O5S. The highest BCUT2D eigenvalue weighted by Gasteiger charge is 2.44. The summed E-state index contributed by atoms with van der Waals surface area (Å²) in [5.74, 6) is 0.533. The number of Topliss-reactive ketones (excluding diaryl/α,β-unsaturated/α-hetero) is 2. The van der Waals surface area contributed by atoms with Gasteiger partial charge in [-0.1, -0.05) is 11.6 Å². The molecule has 0 bridgehead atoms. The van der Waals surface area contributed by atoms with Gasteiger partial charge in [-0.2, -0.15) is 0 Å². The summed E-state index contributed by atoms with van der Waals surface area (Å²) in [6.45, 7) is 5.09. The van der Waals surface area contributed by atoms with Crippen LogP contribution < -0.4 is 15.4 Å². The lowest BCUT2D eigenvalue weighted by Gasteiger charge is -2.44. The molecule has 1 spiro atoms. The van der Waals surface area contributed by atoms with Gasteiger partial charge in [-0.3, -0.25) is 19.7 Å². The molecule has 0 atom stereocenters. The van der Waals surface area contributed by atoms with E-state index in [0.29, 0.717) is 84.9 Å². The number of ether oxygens (including phenoxy) is 1. The molecule has 2 aromatic rings. The van der Waals surface area contributed by atoms with Crippen molar-refractivity contribution in [3.05, 3.63) is 45.3 Å². The lowest BCUT2D eigenvalue weighted by Crippen LogP contribution is -2.52. The van der Waals surface area contributed by atoms with Gasteiger partial charge in [0, 0.05) is 38.9 Å². The molecule has 1 aromatic carbocycles. The van der Waals surface area contributed by atoms with E-state index < -0.39 is 11.6 Å². The first-order chi connectivity index (χ1) is 16.8. The van der Waals surface area contributed by atoms with Crippen molar-refractivity contribution in [2.45, 2.75) is 58.0 Å². The standard InChI is InChI=1S/C26H29N3O5S/c1-3-27-25(33)28-23-21(16-5-4-6-18(30)22(16)35-23)24(32)29-11-9-26(10-12-29)14-19(31)17-13-15(2)7-8-20(17)34-26/h7-8,13H,3-6,9-12,14H2,1-2H3,(H2,27,28,33). The van der Waals surface area contributed by atoms with Gasteiger partial charge in [0.1, 0.15) is 16.4 Å². The molecule has 5 rings (SSSR count). The number of urea groups is 1. The number of anilines is 1. The zero-order chi connectivity index (χ0) is 24.7. The van der Waals surface area contributed by atoms with Crippen LogP contribution in [0.5, 0.6) is 5.75 Å². The highest BCUT2D eigenvalue weighted by molar-refractivity contribution is 7.18. The molecule has 3 amide bonds. The lowest BCUT2D eigenvalue weighted by molar-refractivity contribution is -0.00571. The number of hydrogen-bond acceptors (Lipinski definition) is 6. The number of piperidine rings is 1. The van der Waals surface area contributed by atoms with Crippen LogP contribution in [0.1, 0.15) is 80.5 Å². The van der Waals surface area contributed by atoms with E-state index >= 15 is 0 Å². The summed E-state index contributed by atoms with van der Waals surface area (Å²) < 4.78 is 6.35. The molecule has 8 nitrogen and oxygen atoms in total. The van der Waals surface area contributed by atoms with Crippen molar-refractivity contribution in [3.63, 3.8) is 0 Å². The molecule has 2 N–H and O–H groups in total. The lowest BCUT2D eigenvalue weighted by atomic mass is 9.82. The Balaban J connectivity index is 1.37. The van der Waals surface area contributed by atoms with Crippen molar-refractivity contribution in [1.82, 2.24) is 10.2 Å². The van der Waals surface area contributed by atoms with Gasteiger partial charge in [0.2, 0.25) is 0 Å². The minimum Gasteiger partial charge on any atom is -0.486 e. The van der Waals surface area contributed by atoms with E-state index in [2.05, 4.69) is 10.6 Å². The predicted molar refractivity (Wildman–Crippen MR) is 133 cm³/mol. The van der Waals surface area contributed by atoms with Crippen LogP contribution in [-0.4, -0.2) is 53.6 Å². The van der Waals surface area contributed by atoms with Crippen molar-refractivity contribution in [2.75, 3.05) is 25.0 Å². The molecule has 1 saturated heterocycles. The van der Waals surface area contributed by atoms with Gasteiger partial charge >= 0.3 is 6.03 Å². The number of nitrogens with one attached hydrogen (secondary N) is 2. The van der Waals surface area contributed by atoms with Crippen LogP contribution in [0.2, 0.25) is 0 Å². The van der Waals surface area contributed by atoms with Crippen LogP contribution in [0, 0.1) is 6.92 Å². The van der Waals surface area contributed by atoms with Gasteiger partial charge < -0.3 is 15.0 Å². The third-order valence-electron chi connectivity index (χ3n) is 7.08. The predicted octanol–water partition coefficient (Wildman–Crippen LogP) is 4.36. The summed E-state index contributed by atoms with van der Waals surface area (Å²) >= 11 is 1.19. The van der Waals surface area contributed by atoms with Gasteiger partial charge in [-0.15, -0.1) is 11.3 Å². The van der Waals surface area contributed by atoms with Crippen LogP contribution in [0.4, 0.5) is 9.80 Å². The zero-order valence-corrected chi connectivity index (χ0v) is 20.8. The Bertz CT molecular complexity index is 1230. The molecule has 1 aliphatic carbocycles. The Morgan fingerprint density at radius 1 is 1.14 bits per heavy atom. The smallest absolute Gasteiger partial charge is 0.319 e. The maximum Gasteiger partial charge on any atom is 0.319 e. The molecule has 2 aliphatic heterocycles. The third kappa shape index (κ3) is 4.33. The van der Waals surface area contributed by atoms with Gasteiger partial charge in [0.25, 0.3) is 5.91 Å². The summed E-state index contributed by atoms with van der Waals surface area (Å²) in [6.07, 6.45) is 3.19. The number of fused-ring (bicyclic) bond motifs is 2. The maximum atomic E-state index is 13.7. The fraction of sp³-hybridized carbons (Fsp3) is 0.462. The first-order valence-corrected chi connectivity index (χ1v) is 13.0. The van der Waals surface area contributed by atoms with Crippen LogP contribution in [-0.2, 0) is 6.42 Å².